The van der Waals surface area contributed by atoms with Crippen molar-refractivity contribution < 1.29 is 28.0 Å². The van der Waals surface area contributed by atoms with Gasteiger partial charge in [0, 0.05) is 31.4 Å². The lowest BCUT2D eigenvalue weighted by molar-refractivity contribution is -0.384. The molecule has 2 rings (SSSR count). The minimum Gasteiger partial charge on any atom is -0.493 e. The van der Waals surface area contributed by atoms with Crippen molar-refractivity contribution in [1.29, 1.82) is 0 Å². The molecule has 0 unspecified atom stereocenters. The average molecular weight is 381 g/mol. The molecule has 2 N–H and O–H groups in total. The molecule has 0 aliphatic rings. The number of hydrogen-bond acceptors (Lipinski definition) is 6. The van der Waals surface area contributed by atoms with Crippen LogP contribution in [0.15, 0.2) is 36.4 Å². The molecule has 0 radical (unpaired) electrons. The average Bonchev–Trinajstić information content (AvgIpc) is 2.65. The summed E-state index contributed by atoms with van der Waals surface area (Å²) in [5.41, 5.74) is 0.756. The zero-order valence-corrected chi connectivity index (χ0v) is 14.5. The Morgan fingerprint density at radius 1 is 1.22 bits per heavy atom. The number of alkyl halides is 2. The van der Waals surface area contributed by atoms with Crippen LogP contribution in [0.4, 0.5) is 20.2 Å². The Morgan fingerprint density at radius 2 is 1.96 bits per heavy atom. The Balaban J connectivity index is 2.18. The first-order valence-corrected chi connectivity index (χ1v) is 7.71. The number of nitro benzene ring substituents is 1. The Labute approximate surface area is 153 Å². The van der Waals surface area contributed by atoms with E-state index in [-0.39, 0.29) is 29.3 Å². The van der Waals surface area contributed by atoms with E-state index in [9.17, 15) is 23.7 Å². The summed E-state index contributed by atoms with van der Waals surface area (Å²) >= 11 is 0. The minimum absolute atomic E-state index is 0.00568. The third-order valence-electron chi connectivity index (χ3n) is 3.63. The summed E-state index contributed by atoms with van der Waals surface area (Å²) in [4.78, 5) is 22.7. The van der Waals surface area contributed by atoms with Gasteiger partial charge < -0.3 is 20.1 Å². The molecule has 0 aliphatic carbocycles. The summed E-state index contributed by atoms with van der Waals surface area (Å²) < 4.78 is 34.3. The summed E-state index contributed by atoms with van der Waals surface area (Å²) in [6.07, 6.45) is 0. The van der Waals surface area contributed by atoms with Crippen LogP contribution >= 0.6 is 0 Å². The van der Waals surface area contributed by atoms with Crippen LogP contribution in [0.1, 0.15) is 15.9 Å². The Hall–Kier alpha value is -3.43. The first-order valence-electron chi connectivity index (χ1n) is 7.71. The van der Waals surface area contributed by atoms with E-state index in [1.165, 1.54) is 31.4 Å². The molecule has 2 aromatic carbocycles. The highest BCUT2D eigenvalue weighted by atomic mass is 19.3. The molecule has 0 heterocycles. The monoisotopic (exact) mass is 381 g/mol. The standard InChI is InChI=1S/C17H17F2N3O5/c1-20-13-5-4-11(22(24)25)8-12(13)16(23)21-9-10-3-6-14(26-2)15(7-10)27-17(18)19/h3-8,17,20H,9H2,1-2H3,(H,21,23). The van der Waals surface area contributed by atoms with Crippen molar-refractivity contribution in [1.82, 2.24) is 5.32 Å². The van der Waals surface area contributed by atoms with Gasteiger partial charge in [-0.1, -0.05) is 6.07 Å². The van der Waals surface area contributed by atoms with Gasteiger partial charge in [0.05, 0.1) is 17.6 Å². The van der Waals surface area contributed by atoms with Gasteiger partial charge in [0.2, 0.25) is 0 Å². The van der Waals surface area contributed by atoms with Gasteiger partial charge in [0.1, 0.15) is 0 Å². The van der Waals surface area contributed by atoms with Gasteiger partial charge >= 0.3 is 6.61 Å². The number of hydrogen-bond donors (Lipinski definition) is 2. The van der Waals surface area contributed by atoms with Crippen molar-refractivity contribution in [2.75, 3.05) is 19.5 Å². The van der Waals surface area contributed by atoms with Gasteiger partial charge in [-0.3, -0.25) is 14.9 Å². The van der Waals surface area contributed by atoms with Gasteiger partial charge in [0.25, 0.3) is 11.6 Å². The second-order valence-electron chi connectivity index (χ2n) is 5.28. The number of nitrogens with one attached hydrogen (secondary N) is 2. The first kappa shape index (κ1) is 19.9. The van der Waals surface area contributed by atoms with Crippen LogP contribution in [0, 0.1) is 10.1 Å². The van der Waals surface area contributed by atoms with Crippen LogP contribution < -0.4 is 20.1 Å². The van der Waals surface area contributed by atoms with Crippen molar-refractivity contribution in [3.05, 3.63) is 57.6 Å². The molecule has 0 saturated heterocycles. The molecule has 0 atom stereocenters. The Kier molecular flexibility index (Phi) is 6.47. The van der Waals surface area contributed by atoms with Crippen LogP contribution in [0.3, 0.4) is 0 Å². The smallest absolute Gasteiger partial charge is 0.387 e. The van der Waals surface area contributed by atoms with E-state index in [1.54, 1.807) is 13.1 Å². The van der Waals surface area contributed by atoms with Crippen LogP contribution in [0.25, 0.3) is 0 Å². The second kappa shape index (κ2) is 8.79. The molecule has 0 aromatic heterocycles. The van der Waals surface area contributed by atoms with E-state index in [2.05, 4.69) is 15.4 Å². The van der Waals surface area contributed by atoms with E-state index < -0.39 is 17.4 Å². The summed E-state index contributed by atoms with van der Waals surface area (Å²) in [6, 6.07) is 8.18. The maximum Gasteiger partial charge on any atom is 0.387 e. The summed E-state index contributed by atoms with van der Waals surface area (Å²) in [5, 5.41) is 16.3. The molecule has 0 saturated carbocycles. The molecule has 10 heteroatoms. The number of ether oxygens (including phenoxy) is 2. The number of carbonyl (C=O) groups excluding carboxylic acids is 1. The number of anilines is 1. The topological polar surface area (TPSA) is 103 Å². The number of carbonyl (C=O) groups is 1. The number of nitrogens with zero attached hydrogens (tertiary/aromatic N) is 1. The number of rotatable bonds is 8. The molecule has 1 amide bonds. The fourth-order valence-corrected chi connectivity index (χ4v) is 2.35. The summed E-state index contributed by atoms with van der Waals surface area (Å²) in [6.45, 7) is -3.03. The Morgan fingerprint density at radius 3 is 2.56 bits per heavy atom. The van der Waals surface area contributed by atoms with E-state index >= 15 is 0 Å². The predicted octanol–water partition coefficient (Wildman–Crippen LogP) is 3.18. The van der Waals surface area contributed by atoms with Crippen LogP contribution in [0.2, 0.25) is 0 Å². The number of non-ortho nitro benzene ring substituents is 1. The molecule has 8 nitrogen and oxygen atoms in total. The lowest BCUT2D eigenvalue weighted by Gasteiger charge is -2.13. The number of methoxy groups -OCH3 is 1. The van der Waals surface area contributed by atoms with Gasteiger partial charge in [-0.25, -0.2) is 0 Å². The lowest BCUT2D eigenvalue weighted by atomic mass is 10.1. The van der Waals surface area contributed by atoms with Gasteiger partial charge in [-0.05, 0) is 23.8 Å². The highest BCUT2D eigenvalue weighted by Gasteiger charge is 2.17. The van der Waals surface area contributed by atoms with Gasteiger partial charge in [-0.2, -0.15) is 8.78 Å². The zero-order valence-electron chi connectivity index (χ0n) is 14.5. The third kappa shape index (κ3) is 5.03. The number of benzene rings is 2. The normalized spacial score (nSPS) is 10.4. The maximum atomic E-state index is 12.5. The summed E-state index contributed by atoms with van der Waals surface area (Å²) in [5.74, 6) is -0.595. The van der Waals surface area contributed by atoms with Gasteiger partial charge in [0.15, 0.2) is 11.5 Å². The van der Waals surface area contributed by atoms with E-state index in [1.807, 2.05) is 0 Å². The highest BCUT2D eigenvalue weighted by Crippen LogP contribution is 2.29. The van der Waals surface area contributed by atoms with Crippen molar-refractivity contribution in [2.45, 2.75) is 13.2 Å². The molecular formula is C17H17F2N3O5. The van der Waals surface area contributed by atoms with E-state index in [0.717, 1.165) is 6.07 Å². The predicted molar refractivity (Wildman–Crippen MR) is 93.4 cm³/mol. The maximum absolute atomic E-state index is 12.5. The van der Waals surface area contributed by atoms with Crippen molar-refractivity contribution in [2.24, 2.45) is 0 Å². The second-order valence-corrected chi connectivity index (χ2v) is 5.28. The van der Waals surface area contributed by atoms with Crippen LogP contribution in [-0.4, -0.2) is 31.6 Å². The molecule has 0 spiro atoms. The molecular weight excluding hydrogens is 364 g/mol. The molecule has 0 bridgehead atoms. The van der Waals surface area contributed by atoms with Crippen LogP contribution in [-0.2, 0) is 6.54 Å². The molecule has 27 heavy (non-hydrogen) atoms. The first-order chi connectivity index (χ1) is 12.8. The minimum atomic E-state index is -3.02. The number of nitro groups is 1. The third-order valence-corrected chi connectivity index (χ3v) is 3.63. The number of amides is 1. The SMILES string of the molecule is CNc1ccc([N+](=O)[O-])cc1C(=O)NCc1ccc(OC)c(OC(F)F)c1. The molecule has 144 valence electrons. The van der Waals surface area contributed by atoms with E-state index in [0.29, 0.717) is 11.3 Å². The van der Waals surface area contributed by atoms with Gasteiger partial charge in [-0.15, -0.1) is 0 Å². The lowest BCUT2D eigenvalue weighted by Crippen LogP contribution is -2.24. The fourth-order valence-electron chi connectivity index (χ4n) is 2.35. The van der Waals surface area contributed by atoms with Crippen LogP contribution in [0.5, 0.6) is 11.5 Å². The zero-order chi connectivity index (χ0) is 20.0. The van der Waals surface area contributed by atoms with Crippen molar-refractivity contribution >= 4 is 17.3 Å². The largest absolute Gasteiger partial charge is 0.493 e. The molecule has 0 fully saturated rings. The molecule has 0 aliphatic heterocycles. The Bertz CT molecular complexity index is 845. The number of halogens is 2. The highest BCUT2D eigenvalue weighted by molar-refractivity contribution is 6.00. The van der Waals surface area contributed by atoms with Crippen molar-refractivity contribution in [3.8, 4) is 11.5 Å². The summed E-state index contributed by atoms with van der Waals surface area (Å²) in [7, 11) is 2.89. The molecule has 2 aromatic rings. The quantitative estimate of drug-likeness (QED) is 0.538. The fraction of sp³-hybridized carbons (Fsp3) is 0.235. The van der Waals surface area contributed by atoms with Crippen molar-refractivity contribution in [3.63, 3.8) is 0 Å². The van der Waals surface area contributed by atoms with E-state index in [4.69, 9.17) is 4.74 Å².